The first-order chi connectivity index (χ1) is 12.7. The van der Waals surface area contributed by atoms with Crippen LogP contribution in [0, 0.1) is 20.8 Å². The predicted molar refractivity (Wildman–Crippen MR) is 108 cm³/mol. The number of anilines is 2. The van der Waals surface area contributed by atoms with Crippen LogP contribution in [0.2, 0.25) is 5.02 Å². The number of hydrogen-bond donors (Lipinski definition) is 1. The molecule has 3 rings (SSSR count). The van der Waals surface area contributed by atoms with E-state index in [9.17, 15) is 9.59 Å². The van der Waals surface area contributed by atoms with E-state index in [-0.39, 0.29) is 10.7 Å². The van der Waals surface area contributed by atoms with Crippen molar-refractivity contribution in [3.8, 4) is 5.75 Å². The van der Waals surface area contributed by atoms with E-state index in [1.165, 1.54) is 7.11 Å². The van der Waals surface area contributed by atoms with E-state index in [1.54, 1.807) is 19.1 Å². The Hall–Kier alpha value is -2.50. The Kier molecular flexibility index (Phi) is 5.18. The minimum Gasteiger partial charge on any atom is -0.494 e. The standard InChI is InChI=1S/C20H18Cl2N2O3/c1-10-5-11(2)7-13(6-10)23-18-17(22)19(25)24(20(18)26)15-8-12(3)14(21)9-16(15)27-4/h5-9,23H,1-4H3. The van der Waals surface area contributed by atoms with Gasteiger partial charge in [0.15, 0.2) is 0 Å². The Bertz CT molecular complexity index is 979. The van der Waals surface area contributed by atoms with Crippen molar-refractivity contribution in [3.05, 3.63) is 62.8 Å². The number of carbonyl (C=O) groups excluding carboxylic acids is 2. The number of nitrogens with zero attached hydrogens (tertiary/aromatic N) is 1. The third kappa shape index (κ3) is 3.53. The molecule has 1 aliphatic rings. The largest absolute Gasteiger partial charge is 0.494 e. The van der Waals surface area contributed by atoms with E-state index < -0.39 is 11.8 Å². The minimum atomic E-state index is -0.617. The average molecular weight is 405 g/mol. The van der Waals surface area contributed by atoms with Gasteiger partial charge in [0.05, 0.1) is 12.8 Å². The molecule has 1 N–H and O–H groups in total. The summed E-state index contributed by atoms with van der Waals surface area (Å²) in [6.45, 7) is 5.67. The number of methoxy groups -OCH3 is 1. The molecule has 7 heteroatoms. The van der Waals surface area contributed by atoms with E-state index in [1.807, 2.05) is 32.0 Å². The number of halogens is 2. The highest BCUT2D eigenvalue weighted by Crippen LogP contribution is 2.38. The highest BCUT2D eigenvalue weighted by Gasteiger charge is 2.40. The van der Waals surface area contributed by atoms with Crippen molar-refractivity contribution in [1.82, 2.24) is 0 Å². The van der Waals surface area contributed by atoms with Crippen molar-refractivity contribution in [2.45, 2.75) is 20.8 Å². The van der Waals surface area contributed by atoms with Crippen molar-refractivity contribution in [1.29, 1.82) is 0 Å². The highest BCUT2D eigenvalue weighted by molar-refractivity contribution is 6.53. The van der Waals surface area contributed by atoms with Crippen molar-refractivity contribution in [3.63, 3.8) is 0 Å². The zero-order chi connectivity index (χ0) is 19.9. The summed E-state index contributed by atoms with van der Waals surface area (Å²) in [5.74, 6) is -0.859. The SMILES string of the molecule is COc1cc(Cl)c(C)cc1N1C(=O)C(Cl)=C(Nc2cc(C)cc(C)c2)C1=O. The molecule has 0 aromatic heterocycles. The van der Waals surface area contributed by atoms with Crippen molar-refractivity contribution in [2.75, 3.05) is 17.3 Å². The number of amides is 2. The second-order valence-electron chi connectivity index (χ2n) is 6.41. The monoisotopic (exact) mass is 404 g/mol. The van der Waals surface area contributed by atoms with Crippen molar-refractivity contribution < 1.29 is 14.3 Å². The topological polar surface area (TPSA) is 58.6 Å². The van der Waals surface area contributed by atoms with Gasteiger partial charge in [-0.05, 0) is 55.7 Å². The summed E-state index contributed by atoms with van der Waals surface area (Å²) in [6.07, 6.45) is 0. The van der Waals surface area contributed by atoms with Crippen LogP contribution in [0.5, 0.6) is 5.75 Å². The summed E-state index contributed by atoms with van der Waals surface area (Å²) < 4.78 is 5.30. The molecule has 0 fully saturated rings. The van der Waals surface area contributed by atoms with Gasteiger partial charge in [-0.2, -0.15) is 0 Å². The van der Waals surface area contributed by atoms with Gasteiger partial charge in [-0.15, -0.1) is 0 Å². The summed E-state index contributed by atoms with van der Waals surface area (Å²) in [6, 6.07) is 8.95. The normalized spacial score (nSPS) is 14.2. The van der Waals surface area contributed by atoms with Gasteiger partial charge in [-0.3, -0.25) is 9.59 Å². The lowest BCUT2D eigenvalue weighted by Gasteiger charge is -2.19. The van der Waals surface area contributed by atoms with Crippen LogP contribution in [-0.2, 0) is 9.59 Å². The number of ether oxygens (including phenoxy) is 1. The molecule has 27 heavy (non-hydrogen) atoms. The lowest BCUT2D eigenvalue weighted by atomic mass is 10.1. The molecule has 0 spiro atoms. The molecule has 2 amide bonds. The molecule has 0 bridgehead atoms. The number of hydrogen-bond acceptors (Lipinski definition) is 4. The number of rotatable bonds is 4. The maximum Gasteiger partial charge on any atom is 0.283 e. The number of nitrogens with one attached hydrogen (secondary N) is 1. The zero-order valence-electron chi connectivity index (χ0n) is 15.3. The van der Waals surface area contributed by atoms with Gasteiger partial charge in [0.1, 0.15) is 16.5 Å². The van der Waals surface area contributed by atoms with Crippen molar-refractivity contribution in [2.24, 2.45) is 0 Å². The number of aryl methyl sites for hydroxylation is 3. The molecule has 140 valence electrons. The van der Waals surface area contributed by atoms with Crippen LogP contribution in [-0.4, -0.2) is 18.9 Å². The summed E-state index contributed by atoms with van der Waals surface area (Å²) in [5, 5.41) is 3.29. The molecule has 0 aliphatic carbocycles. The highest BCUT2D eigenvalue weighted by atomic mass is 35.5. The van der Waals surface area contributed by atoms with Gasteiger partial charge in [-0.25, -0.2) is 4.90 Å². The molecule has 0 atom stereocenters. The quantitative estimate of drug-likeness (QED) is 0.749. The summed E-state index contributed by atoms with van der Waals surface area (Å²) in [7, 11) is 1.44. The lowest BCUT2D eigenvalue weighted by Crippen LogP contribution is -2.32. The fourth-order valence-corrected chi connectivity index (χ4v) is 3.37. The average Bonchev–Trinajstić information content (AvgIpc) is 2.80. The van der Waals surface area contributed by atoms with Gasteiger partial charge in [0, 0.05) is 16.8 Å². The Morgan fingerprint density at radius 3 is 2.15 bits per heavy atom. The zero-order valence-corrected chi connectivity index (χ0v) is 16.8. The van der Waals surface area contributed by atoms with Crippen LogP contribution in [0.4, 0.5) is 11.4 Å². The van der Waals surface area contributed by atoms with Crippen molar-refractivity contribution >= 4 is 46.4 Å². The van der Waals surface area contributed by atoms with Gasteiger partial charge in [-0.1, -0.05) is 29.3 Å². The Labute approximate surface area is 167 Å². The predicted octanol–water partition coefficient (Wildman–Crippen LogP) is 4.71. The summed E-state index contributed by atoms with van der Waals surface area (Å²) in [5.41, 5.74) is 3.77. The maximum atomic E-state index is 13.0. The van der Waals surface area contributed by atoms with Gasteiger partial charge in [0.2, 0.25) is 0 Å². The molecule has 1 heterocycles. The van der Waals surface area contributed by atoms with Crippen LogP contribution in [0.3, 0.4) is 0 Å². The first-order valence-electron chi connectivity index (χ1n) is 8.21. The molecular weight excluding hydrogens is 387 g/mol. The first-order valence-corrected chi connectivity index (χ1v) is 8.96. The van der Waals surface area contributed by atoms with Crippen LogP contribution >= 0.6 is 23.2 Å². The van der Waals surface area contributed by atoms with Crippen LogP contribution < -0.4 is 15.0 Å². The molecule has 0 radical (unpaired) electrons. The smallest absolute Gasteiger partial charge is 0.283 e. The van der Waals surface area contributed by atoms with E-state index in [4.69, 9.17) is 27.9 Å². The number of imide groups is 1. The van der Waals surface area contributed by atoms with Crippen LogP contribution in [0.1, 0.15) is 16.7 Å². The number of benzene rings is 2. The van der Waals surface area contributed by atoms with Gasteiger partial charge < -0.3 is 10.1 Å². The fraction of sp³-hybridized carbons (Fsp3) is 0.200. The Balaban J connectivity index is 2.01. The number of carbonyl (C=O) groups is 2. The second kappa shape index (κ2) is 7.25. The third-order valence-electron chi connectivity index (χ3n) is 4.22. The van der Waals surface area contributed by atoms with Crippen LogP contribution in [0.25, 0.3) is 0 Å². The third-order valence-corrected chi connectivity index (χ3v) is 4.98. The van der Waals surface area contributed by atoms with E-state index in [0.717, 1.165) is 16.0 Å². The molecule has 1 aliphatic heterocycles. The van der Waals surface area contributed by atoms with E-state index in [0.29, 0.717) is 27.7 Å². The molecular formula is C20H18Cl2N2O3. The minimum absolute atomic E-state index is 0.0290. The molecule has 2 aromatic rings. The Morgan fingerprint density at radius 1 is 0.926 bits per heavy atom. The molecule has 2 aromatic carbocycles. The first kappa shape index (κ1) is 19.3. The van der Waals surface area contributed by atoms with E-state index >= 15 is 0 Å². The molecule has 0 unspecified atom stereocenters. The molecule has 0 saturated carbocycles. The fourth-order valence-electron chi connectivity index (χ4n) is 3.01. The van der Waals surface area contributed by atoms with E-state index in [2.05, 4.69) is 5.32 Å². The van der Waals surface area contributed by atoms with Crippen LogP contribution in [0.15, 0.2) is 41.1 Å². The summed E-state index contributed by atoms with van der Waals surface area (Å²) in [4.78, 5) is 26.7. The van der Waals surface area contributed by atoms with Gasteiger partial charge in [0.25, 0.3) is 11.8 Å². The lowest BCUT2D eigenvalue weighted by molar-refractivity contribution is -0.120. The van der Waals surface area contributed by atoms with Gasteiger partial charge >= 0.3 is 0 Å². The summed E-state index contributed by atoms with van der Waals surface area (Å²) >= 11 is 12.3. The maximum absolute atomic E-state index is 13.0. The molecule has 5 nitrogen and oxygen atoms in total. The second-order valence-corrected chi connectivity index (χ2v) is 7.19. The molecule has 0 saturated heterocycles. The Morgan fingerprint density at radius 2 is 1.56 bits per heavy atom.